The first kappa shape index (κ1) is 20.8. The molecular formula is C25H25N3O3S. The molecule has 7 heteroatoms. The number of nitrogens with one attached hydrogen (secondary N) is 1. The van der Waals surface area contributed by atoms with Crippen molar-refractivity contribution in [2.45, 2.75) is 50.2 Å². The van der Waals surface area contributed by atoms with Crippen LogP contribution in [0, 0.1) is 0 Å². The van der Waals surface area contributed by atoms with Crippen molar-refractivity contribution >= 4 is 45.4 Å². The summed E-state index contributed by atoms with van der Waals surface area (Å²) < 4.78 is 7.63. The molecule has 0 bridgehead atoms. The highest BCUT2D eigenvalue weighted by Crippen LogP contribution is 2.34. The number of hydrogen-bond donors (Lipinski definition) is 1. The Kier molecular flexibility index (Phi) is 5.74. The minimum Gasteiger partial charge on any atom is -0.448 e. The third-order valence-electron chi connectivity index (χ3n) is 6.06. The Morgan fingerprint density at radius 1 is 1.16 bits per heavy atom. The molecule has 2 aromatic heterocycles. The molecule has 1 N–H and O–H groups in total. The number of aromatic nitrogens is 2. The van der Waals surface area contributed by atoms with E-state index in [1.807, 2.05) is 48.5 Å². The molecule has 164 valence electrons. The van der Waals surface area contributed by atoms with Crippen LogP contribution in [0.15, 0.2) is 62.9 Å². The van der Waals surface area contributed by atoms with Crippen LogP contribution in [0.1, 0.15) is 44.2 Å². The van der Waals surface area contributed by atoms with Crippen molar-refractivity contribution in [3.8, 4) is 0 Å². The molecule has 2 heterocycles. The number of anilines is 1. The number of para-hydroxylation sites is 1. The fourth-order valence-electron chi connectivity index (χ4n) is 4.37. The maximum atomic E-state index is 13.4. The van der Waals surface area contributed by atoms with Crippen molar-refractivity contribution in [1.82, 2.24) is 9.55 Å². The van der Waals surface area contributed by atoms with E-state index in [-0.39, 0.29) is 23.3 Å². The van der Waals surface area contributed by atoms with E-state index in [1.165, 1.54) is 17.3 Å². The van der Waals surface area contributed by atoms with Crippen LogP contribution in [-0.2, 0) is 11.2 Å². The van der Waals surface area contributed by atoms with Crippen LogP contribution in [0.5, 0.6) is 0 Å². The zero-order chi connectivity index (χ0) is 22.1. The Balaban J connectivity index is 1.46. The predicted octanol–water partition coefficient (Wildman–Crippen LogP) is 5.55. The van der Waals surface area contributed by atoms with Gasteiger partial charge in [0.15, 0.2) is 5.16 Å². The summed E-state index contributed by atoms with van der Waals surface area (Å²) in [6.07, 6.45) is 5.02. The molecular weight excluding hydrogens is 422 g/mol. The first-order valence-electron chi connectivity index (χ1n) is 11.1. The van der Waals surface area contributed by atoms with Gasteiger partial charge in [0.1, 0.15) is 11.1 Å². The number of rotatable bonds is 6. The summed E-state index contributed by atoms with van der Waals surface area (Å²) in [6.45, 7) is 2.10. The zero-order valence-corrected chi connectivity index (χ0v) is 18.8. The van der Waals surface area contributed by atoms with E-state index in [2.05, 4.69) is 12.2 Å². The largest absolute Gasteiger partial charge is 0.448 e. The molecule has 0 unspecified atom stereocenters. The number of fused-ring (bicyclic) bond motifs is 3. The second-order valence-corrected chi connectivity index (χ2v) is 9.11. The van der Waals surface area contributed by atoms with E-state index < -0.39 is 0 Å². The summed E-state index contributed by atoms with van der Waals surface area (Å²) >= 11 is 1.31. The number of thioether (sulfide) groups is 1. The summed E-state index contributed by atoms with van der Waals surface area (Å²) in [5.74, 6) is 0.0549. The van der Waals surface area contributed by atoms with Gasteiger partial charge in [0.05, 0.1) is 5.75 Å². The number of carbonyl (C=O) groups is 1. The smallest absolute Gasteiger partial charge is 0.298 e. The molecule has 5 rings (SSSR count). The minimum absolute atomic E-state index is 0.0970. The molecule has 1 amide bonds. The lowest BCUT2D eigenvalue weighted by atomic mass is 10.1. The lowest BCUT2D eigenvalue weighted by Crippen LogP contribution is -2.26. The fraction of sp³-hybridized carbons (Fsp3) is 0.320. The lowest BCUT2D eigenvalue weighted by molar-refractivity contribution is -0.113. The number of aryl methyl sites for hydroxylation is 1. The summed E-state index contributed by atoms with van der Waals surface area (Å²) in [7, 11) is 0. The van der Waals surface area contributed by atoms with Gasteiger partial charge >= 0.3 is 0 Å². The normalized spacial score (nSPS) is 14.4. The van der Waals surface area contributed by atoms with Gasteiger partial charge in [-0.25, -0.2) is 4.98 Å². The number of benzene rings is 2. The van der Waals surface area contributed by atoms with E-state index in [0.29, 0.717) is 21.8 Å². The van der Waals surface area contributed by atoms with Gasteiger partial charge in [-0.1, -0.05) is 55.8 Å². The van der Waals surface area contributed by atoms with Gasteiger partial charge < -0.3 is 9.73 Å². The van der Waals surface area contributed by atoms with E-state index in [4.69, 9.17) is 9.40 Å². The van der Waals surface area contributed by atoms with Gasteiger partial charge in [0, 0.05) is 17.1 Å². The van der Waals surface area contributed by atoms with E-state index in [0.717, 1.165) is 43.2 Å². The highest BCUT2D eigenvalue weighted by molar-refractivity contribution is 7.99. The van der Waals surface area contributed by atoms with Crippen LogP contribution < -0.4 is 10.9 Å². The highest BCUT2D eigenvalue weighted by Gasteiger charge is 2.25. The molecule has 1 aliphatic carbocycles. The van der Waals surface area contributed by atoms with E-state index in [1.54, 1.807) is 4.57 Å². The summed E-state index contributed by atoms with van der Waals surface area (Å²) in [4.78, 5) is 30.9. The van der Waals surface area contributed by atoms with Gasteiger partial charge in [0.25, 0.3) is 5.56 Å². The Bertz CT molecular complexity index is 1330. The maximum absolute atomic E-state index is 13.4. The van der Waals surface area contributed by atoms with Gasteiger partial charge in [-0.3, -0.25) is 14.2 Å². The average Bonchev–Trinajstić information content (AvgIpc) is 3.47. The molecule has 0 spiro atoms. The zero-order valence-electron chi connectivity index (χ0n) is 18.0. The monoisotopic (exact) mass is 447 g/mol. The van der Waals surface area contributed by atoms with Crippen molar-refractivity contribution in [3.05, 3.63) is 64.4 Å². The summed E-state index contributed by atoms with van der Waals surface area (Å²) in [5.41, 5.74) is 3.35. The quantitative estimate of drug-likeness (QED) is 0.310. The SMILES string of the molecule is CCc1ccc(NC(=O)CSc2nc3c(oc4ccccc43)c(=O)n2C2CCCC2)cc1. The number of hydrogen-bond acceptors (Lipinski definition) is 5. The Hall–Kier alpha value is -3.06. The molecule has 1 fully saturated rings. The van der Waals surface area contributed by atoms with E-state index >= 15 is 0 Å². The third-order valence-corrected chi connectivity index (χ3v) is 7.02. The van der Waals surface area contributed by atoms with Gasteiger partial charge in [-0.05, 0) is 49.1 Å². The molecule has 1 aliphatic rings. The number of nitrogens with zero attached hydrogens (tertiary/aromatic N) is 2. The molecule has 0 radical (unpaired) electrons. The lowest BCUT2D eigenvalue weighted by Gasteiger charge is -2.17. The first-order valence-corrected chi connectivity index (χ1v) is 12.1. The molecule has 6 nitrogen and oxygen atoms in total. The second-order valence-electron chi connectivity index (χ2n) is 8.17. The van der Waals surface area contributed by atoms with Crippen LogP contribution in [0.3, 0.4) is 0 Å². The molecule has 32 heavy (non-hydrogen) atoms. The maximum Gasteiger partial charge on any atom is 0.298 e. The minimum atomic E-state index is -0.156. The highest BCUT2D eigenvalue weighted by atomic mass is 32.2. The summed E-state index contributed by atoms with van der Waals surface area (Å²) in [6, 6.07) is 15.5. The third kappa shape index (κ3) is 3.93. The van der Waals surface area contributed by atoms with E-state index in [9.17, 15) is 9.59 Å². The number of furan rings is 1. The van der Waals surface area contributed by atoms with Crippen molar-refractivity contribution < 1.29 is 9.21 Å². The number of amides is 1. The van der Waals surface area contributed by atoms with Crippen LogP contribution in [0.25, 0.3) is 22.1 Å². The van der Waals surface area contributed by atoms with Crippen molar-refractivity contribution in [3.63, 3.8) is 0 Å². The topological polar surface area (TPSA) is 77.1 Å². The Morgan fingerprint density at radius 3 is 2.66 bits per heavy atom. The molecule has 2 aromatic carbocycles. The first-order chi connectivity index (χ1) is 15.6. The van der Waals surface area contributed by atoms with Gasteiger partial charge in [0.2, 0.25) is 11.5 Å². The fourth-order valence-corrected chi connectivity index (χ4v) is 5.23. The van der Waals surface area contributed by atoms with Crippen molar-refractivity contribution in [2.75, 3.05) is 11.1 Å². The second kappa shape index (κ2) is 8.82. The summed E-state index contributed by atoms with van der Waals surface area (Å²) in [5, 5.41) is 4.34. The average molecular weight is 448 g/mol. The van der Waals surface area contributed by atoms with Crippen LogP contribution in [0.4, 0.5) is 5.69 Å². The predicted molar refractivity (Wildman–Crippen MR) is 128 cm³/mol. The van der Waals surface area contributed by atoms with Crippen LogP contribution in [-0.4, -0.2) is 21.2 Å². The standard InChI is InChI=1S/C25H25N3O3S/c1-2-16-11-13-17(14-12-16)26-21(29)15-32-25-27-22-19-9-5-6-10-20(19)31-23(22)24(30)28(25)18-7-3-4-8-18/h5-6,9-14,18H,2-4,7-8,15H2,1H3,(H,26,29). The van der Waals surface area contributed by atoms with Crippen LogP contribution >= 0.6 is 11.8 Å². The van der Waals surface area contributed by atoms with Gasteiger partial charge in [-0.15, -0.1) is 0 Å². The molecule has 0 aliphatic heterocycles. The molecule has 0 saturated heterocycles. The molecule has 1 saturated carbocycles. The van der Waals surface area contributed by atoms with Crippen molar-refractivity contribution in [1.29, 1.82) is 0 Å². The van der Waals surface area contributed by atoms with Gasteiger partial charge in [-0.2, -0.15) is 0 Å². The molecule has 4 aromatic rings. The molecule has 0 atom stereocenters. The van der Waals surface area contributed by atoms with Crippen molar-refractivity contribution in [2.24, 2.45) is 0 Å². The number of carbonyl (C=O) groups excluding carboxylic acids is 1. The van der Waals surface area contributed by atoms with Crippen LogP contribution in [0.2, 0.25) is 0 Å². The Morgan fingerprint density at radius 2 is 1.91 bits per heavy atom. The Labute approximate surface area is 190 Å².